The van der Waals surface area contributed by atoms with Crippen LogP contribution in [0.2, 0.25) is 0 Å². The first-order valence-electron chi connectivity index (χ1n) is 10.4. The summed E-state index contributed by atoms with van der Waals surface area (Å²) in [7, 11) is 1.47. The van der Waals surface area contributed by atoms with Crippen LogP contribution in [0.4, 0.5) is 5.69 Å². The number of methoxy groups -OCH3 is 1. The van der Waals surface area contributed by atoms with E-state index in [0.29, 0.717) is 28.4 Å². The molecular formula is C23H18N6O4S2. The Labute approximate surface area is 206 Å². The molecule has 0 unspecified atom stereocenters. The molecule has 0 radical (unpaired) electrons. The molecule has 1 amide bonds. The van der Waals surface area contributed by atoms with E-state index >= 15 is 0 Å². The lowest BCUT2D eigenvalue weighted by Gasteiger charge is -2.10. The van der Waals surface area contributed by atoms with Crippen LogP contribution < -0.4 is 15.7 Å². The van der Waals surface area contributed by atoms with Crippen molar-refractivity contribution in [2.75, 3.05) is 12.4 Å². The predicted molar refractivity (Wildman–Crippen MR) is 133 cm³/mol. The summed E-state index contributed by atoms with van der Waals surface area (Å²) in [5.74, 6) is -0.154. The molecule has 0 saturated carbocycles. The van der Waals surface area contributed by atoms with Crippen LogP contribution in [0.25, 0.3) is 26.9 Å². The highest BCUT2D eigenvalue weighted by Crippen LogP contribution is 2.34. The third kappa shape index (κ3) is 4.24. The van der Waals surface area contributed by atoms with Gasteiger partial charge in [-0.1, -0.05) is 12.1 Å². The molecule has 0 spiro atoms. The lowest BCUT2D eigenvalue weighted by Crippen LogP contribution is -2.26. The van der Waals surface area contributed by atoms with Crippen LogP contribution >= 0.6 is 22.7 Å². The molecule has 0 aliphatic carbocycles. The van der Waals surface area contributed by atoms with Crippen LogP contribution in [0.3, 0.4) is 0 Å². The molecule has 176 valence electrons. The van der Waals surface area contributed by atoms with Crippen molar-refractivity contribution in [1.29, 1.82) is 0 Å². The summed E-state index contributed by atoms with van der Waals surface area (Å²) in [4.78, 5) is 39.7. The summed E-state index contributed by atoms with van der Waals surface area (Å²) in [6, 6.07) is 12.3. The number of ether oxygens (including phenoxy) is 1. The maximum Gasteiger partial charge on any atom is 0.352 e. The zero-order valence-corrected chi connectivity index (χ0v) is 20.2. The summed E-state index contributed by atoms with van der Waals surface area (Å²) < 4.78 is 7.70. The van der Waals surface area contributed by atoms with E-state index in [9.17, 15) is 14.4 Å². The summed E-state index contributed by atoms with van der Waals surface area (Å²) in [6.07, 6.45) is 0. The minimum absolute atomic E-state index is 0.0974. The Hall–Kier alpha value is -4.16. The Bertz CT molecular complexity index is 1600. The van der Waals surface area contributed by atoms with E-state index in [1.54, 1.807) is 12.1 Å². The molecule has 5 aromatic rings. The molecule has 12 heteroatoms. The molecule has 1 N–H and O–H groups in total. The second-order valence-corrected chi connectivity index (χ2v) is 9.34. The zero-order valence-electron chi connectivity index (χ0n) is 18.6. The smallest absolute Gasteiger partial charge is 0.352 e. The van der Waals surface area contributed by atoms with Gasteiger partial charge in [-0.25, -0.2) is 13.9 Å². The second kappa shape index (κ2) is 9.24. The fourth-order valence-electron chi connectivity index (χ4n) is 3.62. The third-order valence-corrected chi connectivity index (χ3v) is 6.90. The quantitative estimate of drug-likeness (QED) is 0.335. The third-order valence-electron chi connectivity index (χ3n) is 5.14. The molecule has 5 rings (SSSR count). The lowest BCUT2D eigenvalue weighted by atomic mass is 10.1. The highest BCUT2D eigenvalue weighted by molar-refractivity contribution is 7.14. The van der Waals surface area contributed by atoms with Crippen molar-refractivity contribution < 1.29 is 14.3 Å². The normalized spacial score (nSPS) is 11.0. The summed E-state index contributed by atoms with van der Waals surface area (Å²) in [6.45, 7) is 1.05. The molecule has 0 aliphatic rings. The number of amides is 1. The number of carbonyl (C=O) groups excluding carboxylic acids is 2. The van der Waals surface area contributed by atoms with Gasteiger partial charge in [0.2, 0.25) is 5.91 Å². The van der Waals surface area contributed by atoms with E-state index < -0.39 is 5.69 Å². The predicted octanol–water partition coefficient (Wildman–Crippen LogP) is 3.59. The van der Waals surface area contributed by atoms with Crippen molar-refractivity contribution in [3.8, 4) is 26.9 Å². The first kappa shape index (κ1) is 22.6. The average molecular weight is 507 g/mol. The van der Waals surface area contributed by atoms with Crippen LogP contribution in [-0.2, 0) is 11.3 Å². The SMILES string of the molecule is COc1ccc(C(=O)Cn2nc3nnc(-c4cccs4)c(-c4cccs4)n3c2=O)cc1NC(C)=O. The fraction of sp³-hybridized carbons (Fsp3) is 0.130. The van der Waals surface area contributed by atoms with Gasteiger partial charge >= 0.3 is 5.69 Å². The maximum absolute atomic E-state index is 13.4. The minimum Gasteiger partial charge on any atom is -0.495 e. The second-order valence-electron chi connectivity index (χ2n) is 7.45. The zero-order chi connectivity index (χ0) is 24.5. The number of Topliss-reactive ketones (excluding diaryl/α,β-unsaturated/α-hetero) is 1. The van der Waals surface area contributed by atoms with Crippen LogP contribution in [0, 0.1) is 0 Å². The van der Waals surface area contributed by atoms with E-state index in [1.807, 2.05) is 35.0 Å². The first-order valence-corrected chi connectivity index (χ1v) is 12.1. The van der Waals surface area contributed by atoms with Gasteiger partial charge in [0, 0.05) is 12.5 Å². The highest BCUT2D eigenvalue weighted by atomic mass is 32.1. The largest absolute Gasteiger partial charge is 0.495 e. The number of carbonyl (C=O) groups is 2. The molecule has 0 atom stereocenters. The van der Waals surface area contributed by atoms with Crippen molar-refractivity contribution in [2.24, 2.45) is 0 Å². The molecule has 1 aromatic carbocycles. The number of aromatic nitrogens is 5. The van der Waals surface area contributed by atoms with Gasteiger partial charge in [-0.3, -0.25) is 9.59 Å². The maximum atomic E-state index is 13.4. The molecule has 0 saturated heterocycles. The number of nitrogens with zero attached hydrogens (tertiary/aromatic N) is 5. The molecule has 4 aromatic heterocycles. The average Bonchev–Trinajstić information content (AvgIpc) is 3.61. The Morgan fingerprint density at radius 3 is 2.46 bits per heavy atom. The number of hydrogen-bond acceptors (Lipinski definition) is 9. The number of hydrogen-bond donors (Lipinski definition) is 1. The number of anilines is 1. The van der Waals surface area contributed by atoms with Gasteiger partial charge in [0.1, 0.15) is 23.7 Å². The van der Waals surface area contributed by atoms with Crippen molar-refractivity contribution in [3.05, 3.63) is 69.3 Å². The monoisotopic (exact) mass is 506 g/mol. The van der Waals surface area contributed by atoms with E-state index in [1.165, 1.54) is 47.2 Å². The van der Waals surface area contributed by atoms with Crippen molar-refractivity contribution in [1.82, 2.24) is 24.4 Å². The van der Waals surface area contributed by atoms with Crippen molar-refractivity contribution in [2.45, 2.75) is 13.5 Å². The number of rotatable bonds is 7. The van der Waals surface area contributed by atoms with Gasteiger partial charge in [-0.05, 0) is 41.1 Å². The van der Waals surface area contributed by atoms with Crippen LogP contribution in [-0.4, -0.2) is 43.2 Å². The first-order chi connectivity index (χ1) is 17.0. The molecule has 4 heterocycles. The Morgan fingerprint density at radius 2 is 1.80 bits per heavy atom. The Morgan fingerprint density at radius 1 is 1.06 bits per heavy atom. The van der Waals surface area contributed by atoms with Gasteiger partial charge < -0.3 is 10.1 Å². The summed E-state index contributed by atoms with van der Waals surface area (Å²) >= 11 is 2.96. The molecule has 0 fully saturated rings. The number of nitrogens with one attached hydrogen (secondary N) is 1. The number of ketones is 1. The highest BCUT2D eigenvalue weighted by Gasteiger charge is 2.22. The Kier molecular flexibility index (Phi) is 5.97. The molecule has 0 aliphatic heterocycles. The standard InChI is InChI=1S/C23H18N6O4S2/c1-13(30)24-15-11-14(7-8-17(15)33-2)16(31)12-28-23(32)29-21(19-6-4-10-35-19)20(18-5-3-9-34-18)25-26-22(29)27-28/h3-11H,12H2,1-2H3,(H,24,30). The van der Waals surface area contributed by atoms with E-state index in [2.05, 4.69) is 20.6 Å². The van der Waals surface area contributed by atoms with Crippen molar-refractivity contribution >= 4 is 45.8 Å². The van der Waals surface area contributed by atoms with E-state index in [-0.39, 0.29) is 24.0 Å². The lowest BCUT2D eigenvalue weighted by molar-refractivity contribution is -0.114. The summed E-state index contributed by atoms with van der Waals surface area (Å²) in [5.41, 5.74) is 1.30. The molecule has 0 bridgehead atoms. The van der Waals surface area contributed by atoms with Gasteiger partial charge in [0.15, 0.2) is 5.78 Å². The van der Waals surface area contributed by atoms with Crippen molar-refractivity contribution in [3.63, 3.8) is 0 Å². The van der Waals surface area contributed by atoms with E-state index in [4.69, 9.17) is 4.74 Å². The van der Waals surface area contributed by atoms with Crippen LogP contribution in [0.5, 0.6) is 5.75 Å². The van der Waals surface area contributed by atoms with E-state index in [0.717, 1.165) is 14.4 Å². The minimum atomic E-state index is -0.500. The summed E-state index contributed by atoms with van der Waals surface area (Å²) in [5, 5.41) is 19.2. The molecule has 35 heavy (non-hydrogen) atoms. The van der Waals surface area contributed by atoms with Crippen LogP contribution in [0.1, 0.15) is 17.3 Å². The van der Waals surface area contributed by atoms with Crippen LogP contribution in [0.15, 0.2) is 58.0 Å². The van der Waals surface area contributed by atoms with Gasteiger partial charge in [0.05, 0.1) is 22.6 Å². The molecule has 10 nitrogen and oxygen atoms in total. The van der Waals surface area contributed by atoms with Gasteiger partial charge in [-0.15, -0.1) is 38.0 Å². The van der Waals surface area contributed by atoms with Gasteiger partial charge in [-0.2, -0.15) is 0 Å². The number of thiophene rings is 2. The number of benzene rings is 1. The topological polar surface area (TPSA) is 120 Å². The fourth-order valence-corrected chi connectivity index (χ4v) is 5.09. The number of fused-ring (bicyclic) bond motifs is 1. The van der Waals surface area contributed by atoms with Gasteiger partial charge in [0.25, 0.3) is 5.78 Å². The molecular weight excluding hydrogens is 488 g/mol. The Balaban J connectivity index is 1.57.